The van der Waals surface area contributed by atoms with Gasteiger partial charge in [-0.2, -0.15) is 0 Å². The molecule has 0 saturated carbocycles. The summed E-state index contributed by atoms with van der Waals surface area (Å²) in [5.74, 6) is 0.548. The van der Waals surface area contributed by atoms with Crippen LogP contribution < -0.4 is 10.1 Å². The molecule has 0 spiro atoms. The first-order valence-electron chi connectivity index (χ1n) is 12.4. The lowest BCUT2D eigenvalue weighted by atomic mass is 10.0. The highest BCUT2D eigenvalue weighted by molar-refractivity contribution is 5.99. The summed E-state index contributed by atoms with van der Waals surface area (Å²) in [5, 5.41) is 13.6. The number of aromatic nitrogens is 1. The minimum atomic E-state index is -0.158. The molecule has 0 atom stereocenters. The first kappa shape index (κ1) is 24.8. The molecule has 0 saturated heterocycles. The maximum Gasteiger partial charge on any atom is 0.298 e. The van der Waals surface area contributed by atoms with Gasteiger partial charge in [-0.15, -0.1) is 0 Å². The van der Waals surface area contributed by atoms with Crippen molar-refractivity contribution in [1.82, 2.24) is 9.88 Å². The van der Waals surface area contributed by atoms with E-state index in [9.17, 15) is 14.7 Å². The number of benzene rings is 4. The van der Waals surface area contributed by atoms with Crippen molar-refractivity contribution in [2.24, 2.45) is 0 Å². The van der Waals surface area contributed by atoms with E-state index in [-0.39, 0.29) is 11.7 Å². The maximum absolute atomic E-state index is 12.8. The molecule has 190 valence electrons. The van der Waals surface area contributed by atoms with Gasteiger partial charge in [0.2, 0.25) is 0 Å². The van der Waals surface area contributed by atoms with Gasteiger partial charge in [-0.25, -0.2) is 0 Å². The number of para-hydroxylation sites is 1. The molecule has 0 aliphatic carbocycles. The van der Waals surface area contributed by atoms with Crippen LogP contribution >= 0.6 is 0 Å². The number of hydrogen-bond donors (Lipinski definition) is 2. The number of fused-ring (bicyclic) bond motifs is 1. The van der Waals surface area contributed by atoms with Crippen molar-refractivity contribution in [3.63, 3.8) is 0 Å². The molecule has 2 N–H and O–H groups in total. The highest BCUT2D eigenvalue weighted by atomic mass is 16.5. The topological polar surface area (TPSA) is 80.6 Å². The van der Waals surface area contributed by atoms with Gasteiger partial charge in [0.1, 0.15) is 11.5 Å². The van der Waals surface area contributed by atoms with Crippen LogP contribution in [-0.4, -0.2) is 22.1 Å². The molecule has 6 nitrogen and oxygen atoms in total. The summed E-state index contributed by atoms with van der Waals surface area (Å²) in [6, 6.07) is 28.3. The van der Waals surface area contributed by atoms with Gasteiger partial charge in [0, 0.05) is 40.8 Å². The second kappa shape index (κ2) is 10.6. The van der Waals surface area contributed by atoms with Crippen LogP contribution in [0.4, 0.5) is 0 Å². The lowest BCUT2D eigenvalue weighted by Gasteiger charge is -2.11. The average molecular weight is 505 g/mol. The number of ether oxygens (including phenoxy) is 1. The van der Waals surface area contributed by atoms with Crippen molar-refractivity contribution >= 4 is 23.3 Å². The number of carbonyl (C=O) groups is 2. The Morgan fingerprint density at radius 3 is 2.47 bits per heavy atom. The van der Waals surface area contributed by atoms with E-state index in [1.165, 1.54) is 0 Å². The zero-order valence-electron chi connectivity index (χ0n) is 21.3. The zero-order chi connectivity index (χ0) is 26.6. The summed E-state index contributed by atoms with van der Waals surface area (Å²) >= 11 is 0. The van der Waals surface area contributed by atoms with E-state index in [1.807, 2.05) is 54.6 Å². The second-order valence-electron chi connectivity index (χ2n) is 9.29. The van der Waals surface area contributed by atoms with E-state index in [1.54, 1.807) is 24.3 Å². The van der Waals surface area contributed by atoms with Crippen molar-refractivity contribution < 1.29 is 19.4 Å². The van der Waals surface area contributed by atoms with Crippen molar-refractivity contribution in [3.8, 4) is 22.6 Å². The molecule has 0 bridgehead atoms. The van der Waals surface area contributed by atoms with Crippen LogP contribution in [0, 0.1) is 13.8 Å². The maximum atomic E-state index is 12.8. The van der Waals surface area contributed by atoms with Crippen LogP contribution in [0.3, 0.4) is 0 Å². The molecule has 4 aromatic carbocycles. The van der Waals surface area contributed by atoms with Crippen molar-refractivity contribution in [1.29, 1.82) is 0 Å². The summed E-state index contributed by atoms with van der Waals surface area (Å²) in [4.78, 5) is 23.7. The SMILES string of the molecule is Cc1c(C)n(Cc2ccc(-c3ccccc3OC=O)cc2)c2ccc(C(=O)NCc3cccc(O)c3)cc12. The molecule has 0 radical (unpaired) electrons. The number of nitrogens with one attached hydrogen (secondary N) is 1. The Morgan fingerprint density at radius 2 is 1.71 bits per heavy atom. The average Bonchev–Trinajstić information content (AvgIpc) is 3.17. The number of nitrogens with zero attached hydrogens (tertiary/aromatic N) is 1. The van der Waals surface area contributed by atoms with Gasteiger partial charge in [0.15, 0.2) is 0 Å². The minimum absolute atomic E-state index is 0.158. The highest BCUT2D eigenvalue weighted by Gasteiger charge is 2.15. The molecular weight excluding hydrogens is 476 g/mol. The number of phenolic OH excluding ortho intramolecular Hbond substituents is 1. The molecule has 0 unspecified atom stereocenters. The Morgan fingerprint density at radius 1 is 0.921 bits per heavy atom. The molecule has 0 fully saturated rings. The summed E-state index contributed by atoms with van der Waals surface area (Å²) in [7, 11) is 0. The Hall–Kier alpha value is -4.84. The normalized spacial score (nSPS) is 10.9. The van der Waals surface area contributed by atoms with E-state index in [2.05, 4.69) is 35.9 Å². The Balaban J connectivity index is 1.36. The highest BCUT2D eigenvalue weighted by Crippen LogP contribution is 2.31. The lowest BCUT2D eigenvalue weighted by molar-refractivity contribution is -0.120. The fourth-order valence-electron chi connectivity index (χ4n) is 4.78. The zero-order valence-corrected chi connectivity index (χ0v) is 21.3. The molecule has 5 aromatic rings. The van der Waals surface area contributed by atoms with Gasteiger partial charge in [-0.05, 0) is 72.5 Å². The number of aryl methyl sites for hydroxylation is 1. The minimum Gasteiger partial charge on any atom is -0.508 e. The van der Waals surface area contributed by atoms with Gasteiger partial charge < -0.3 is 19.7 Å². The first-order valence-corrected chi connectivity index (χ1v) is 12.4. The molecule has 1 amide bonds. The Bertz CT molecular complexity index is 1630. The fourth-order valence-corrected chi connectivity index (χ4v) is 4.78. The van der Waals surface area contributed by atoms with Crippen LogP contribution in [-0.2, 0) is 17.9 Å². The predicted molar refractivity (Wildman–Crippen MR) is 148 cm³/mol. The number of carbonyl (C=O) groups excluding carboxylic acids is 2. The third-order valence-electron chi connectivity index (χ3n) is 6.93. The largest absolute Gasteiger partial charge is 0.508 e. The monoisotopic (exact) mass is 504 g/mol. The Kier molecular flexibility index (Phi) is 6.96. The molecule has 5 rings (SSSR count). The summed E-state index contributed by atoms with van der Waals surface area (Å²) in [6.45, 7) is 5.64. The standard InChI is InChI=1S/C32H28N2O4/c1-21-22(2)34(19-23-10-12-25(13-11-23)28-8-3-4-9-31(28)38-20-35)30-15-14-26(17-29(21)30)32(37)33-18-24-6-5-7-27(36)16-24/h3-17,20,36H,18-19H2,1-2H3,(H,33,37). The number of phenols is 1. The van der Waals surface area contributed by atoms with E-state index >= 15 is 0 Å². The van der Waals surface area contributed by atoms with Crippen LogP contribution in [0.2, 0.25) is 0 Å². The third kappa shape index (κ3) is 5.02. The number of hydrogen-bond acceptors (Lipinski definition) is 4. The Labute approximate surface area is 221 Å². The van der Waals surface area contributed by atoms with E-state index in [4.69, 9.17) is 4.74 Å². The van der Waals surface area contributed by atoms with Crippen molar-refractivity contribution in [3.05, 3.63) is 119 Å². The van der Waals surface area contributed by atoms with Crippen LogP contribution in [0.15, 0.2) is 91.0 Å². The number of amides is 1. The molecule has 6 heteroatoms. The van der Waals surface area contributed by atoms with E-state index in [0.717, 1.165) is 44.4 Å². The fraction of sp³-hybridized carbons (Fsp3) is 0.125. The molecule has 38 heavy (non-hydrogen) atoms. The molecule has 0 aliphatic rings. The van der Waals surface area contributed by atoms with E-state index < -0.39 is 0 Å². The van der Waals surface area contributed by atoms with Crippen molar-refractivity contribution in [2.45, 2.75) is 26.9 Å². The first-order chi connectivity index (χ1) is 18.4. The van der Waals surface area contributed by atoms with Crippen LogP contribution in [0.5, 0.6) is 11.5 Å². The second-order valence-corrected chi connectivity index (χ2v) is 9.29. The van der Waals surface area contributed by atoms with E-state index in [0.29, 0.717) is 30.9 Å². The third-order valence-corrected chi connectivity index (χ3v) is 6.93. The summed E-state index contributed by atoms with van der Waals surface area (Å²) < 4.78 is 7.39. The smallest absolute Gasteiger partial charge is 0.298 e. The van der Waals surface area contributed by atoms with Gasteiger partial charge in [-0.1, -0.05) is 54.6 Å². The summed E-state index contributed by atoms with van der Waals surface area (Å²) in [5.41, 5.74) is 7.75. The quantitative estimate of drug-likeness (QED) is 0.249. The van der Waals surface area contributed by atoms with Crippen LogP contribution in [0.25, 0.3) is 22.0 Å². The lowest BCUT2D eigenvalue weighted by Crippen LogP contribution is -2.22. The molecule has 0 aliphatic heterocycles. The molecular formula is C32H28N2O4. The number of rotatable bonds is 8. The van der Waals surface area contributed by atoms with Gasteiger partial charge in [0.05, 0.1) is 0 Å². The van der Waals surface area contributed by atoms with Gasteiger partial charge >= 0.3 is 0 Å². The number of aromatic hydroxyl groups is 1. The predicted octanol–water partition coefficient (Wildman–Crippen LogP) is 6.14. The van der Waals surface area contributed by atoms with Crippen molar-refractivity contribution in [2.75, 3.05) is 0 Å². The van der Waals surface area contributed by atoms with Crippen LogP contribution in [0.1, 0.15) is 32.7 Å². The molecule has 1 aromatic heterocycles. The molecule has 1 heterocycles. The van der Waals surface area contributed by atoms with Gasteiger partial charge in [0.25, 0.3) is 12.4 Å². The van der Waals surface area contributed by atoms with Gasteiger partial charge in [-0.3, -0.25) is 9.59 Å². The summed E-state index contributed by atoms with van der Waals surface area (Å²) in [6.07, 6.45) is 0.